The number of hydrogen-bond donors (Lipinski definition) is 1. The summed E-state index contributed by atoms with van der Waals surface area (Å²) in [6, 6.07) is 11.4. The summed E-state index contributed by atoms with van der Waals surface area (Å²) in [7, 11) is 2.29. The highest BCUT2D eigenvalue weighted by Gasteiger charge is 2.49. The Bertz CT molecular complexity index is 1150. The average Bonchev–Trinajstić information content (AvgIpc) is 3.51. The van der Waals surface area contributed by atoms with Crippen molar-refractivity contribution in [3.05, 3.63) is 59.2 Å². The Labute approximate surface area is 190 Å². The zero-order valence-corrected chi connectivity index (χ0v) is 19.5. The van der Waals surface area contributed by atoms with Gasteiger partial charge in [-0.05, 0) is 76.8 Å². The highest BCUT2D eigenvalue weighted by Crippen LogP contribution is 2.44. The van der Waals surface area contributed by atoms with Crippen molar-refractivity contribution in [1.82, 2.24) is 24.6 Å². The van der Waals surface area contributed by atoms with Crippen LogP contribution >= 0.6 is 0 Å². The molecule has 2 unspecified atom stereocenters. The molecule has 3 aromatic rings. The molecule has 3 aliphatic rings. The Morgan fingerprint density at radius 3 is 2.59 bits per heavy atom. The number of nitrogens with zero attached hydrogens (tertiary/aromatic N) is 5. The van der Waals surface area contributed by atoms with E-state index in [2.05, 4.69) is 64.7 Å². The fraction of sp³-hybridized carbons (Fsp3) is 0.538. The van der Waals surface area contributed by atoms with Crippen LogP contribution in [0.2, 0.25) is 0 Å². The quantitative estimate of drug-likeness (QED) is 0.675. The lowest BCUT2D eigenvalue weighted by atomic mass is 9.92. The van der Waals surface area contributed by atoms with Gasteiger partial charge in [0.25, 0.3) is 0 Å². The molecule has 1 aliphatic carbocycles. The van der Waals surface area contributed by atoms with Gasteiger partial charge in [-0.15, -0.1) is 0 Å². The van der Waals surface area contributed by atoms with Crippen LogP contribution in [0.3, 0.4) is 0 Å². The van der Waals surface area contributed by atoms with Crippen LogP contribution in [0.25, 0.3) is 5.65 Å². The second-order valence-electron chi connectivity index (χ2n) is 10.1. The Balaban J connectivity index is 1.33. The number of pyridine rings is 2. The SMILES string of the molecule is Cc1cccnc1C1CCCC(c2nc3cccc(N4CCN(C)C5(CC5)C4)n3c2C)N1. The van der Waals surface area contributed by atoms with Gasteiger partial charge >= 0.3 is 0 Å². The van der Waals surface area contributed by atoms with E-state index >= 15 is 0 Å². The largest absolute Gasteiger partial charge is 0.355 e. The summed E-state index contributed by atoms with van der Waals surface area (Å²) >= 11 is 0. The van der Waals surface area contributed by atoms with Crippen LogP contribution in [-0.2, 0) is 0 Å². The number of piperazine rings is 1. The third kappa shape index (κ3) is 3.23. The van der Waals surface area contributed by atoms with Crippen LogP contribution in [0.1, 0.15) is 66.8 Å². The smallest absolute Gasteiger partial charge is 0.138 e. The molecule has 168 valence electrons. The third-order valence-corrected chi connectivity index (χ3v) is 8.14. The second kappa shape index (κ2) is 7.56. The summed E-state index contributed by atoms with van der Waals surface area (Å²) in [5.74, 6) is 1.30. The summed E-state index contributed by atoms with van der Waals surface area (Å²) in [4.78, 5) is 15.0. The van der Waals surface area contributed by atoms with Gasteiger partial charge in [-0.25, -0.2) is 4.98 Å². The maximum absolute atomic E-state index is 5.15. The minimum atomic E-state index is 0.269. The molecule has 3 fully saturated rings. The van der Waals surface area contributed by atoms with Crippen LogP contribution in [0, 0.1) is 13.8 Å². The first kappa shape index (κ1) is 20.2. The number of piperidine rings is 1. The van der Waals surface area contributed by atoms with Crippen molar-refractivity contribution in [3.63, 3.8) is 0 Å². The molecule has 0 aromatic carbocycles. The van der Waals surface area contributed by atoms with E-state index in [0.717, 1.165) is 38.1 Å². The average molecular weight is 431 g/mol. The number of hydrogen-bond acceptors (Lipinski definition) is 5. The van der Waals surface area contributed by atoms with Crippen LogP contribution in [0.5, 0.6) is 0 Å². The molecule has 0 bridgehead atoms. The maximum atomic E-state index is 5.15. The number of rotatable bonds is 3. The molecule has 2 saturated heterocycles. The van der Waals surface area contributed by atoms with E-state index in [1.807, 2.05) is 12.3 Å². The Kier molecular flexibility index (Phi) is 4.77. The number of aryl methyl sites for hydroxylation is 2. The molecular formula is C26H34N6. The summed E-state index contributed by atoms with van der Waals surface area (Å²) < 4.78 is 2.40. The minimum Gasteiger partial charge on any atom is -0.355 e. The van der Waals surface area contributed by atoms with Gasteiger partial charge in [0.05, 0.1) is 23.5 Å². The predicted molar refractivity (Wildman–Crippen MR) is 128 cm³/mol. The maximum Gasteiger partial charge on any atom is 0.138 e. The van der Waals surface area contributed by atoms with Gasteiger partial charge < -0.3 is 10.2 Å². The van der Waals surface area contributed by atoms with E-state index in [0.29, 0.717) is 11.6 Å². The van der Waals surface area contributed by atoms with Crippen molar-refractivity contribution in [2.75, 3.05) is 31.6 Å². The van der Waals surface area contributed by atoms with Gasteiger partial charge in [-0.3, -0.25) is 14.3 Å². The molecule has 1 spiro atoms. The molecule has 5 heterocycles. The van der Waals surface area contributed by atoms with Gasteiger partial charge in [0, 0.05) is 37.1 Å². The minimum absolute atomic E-state index is 0.269. The van der Waals surface area contributed by atoms with Gasteiger partial charge in [0.2, 0.25) is 0 Å². The highest BCUT2D eigenvalue weighted by atomic mass is 15.4. The normalized spacial score (nSPS) is 25.5. The molecule has 6 rings (SSSR count). The molecule has 32 heavy (non-hydrogen) atoms. The zero-order valence-electron chi connectivity index (χ0n) is 19.5. The van der Waals surface area contributed by atoms with Gasteiger partial charge in [-0.2, -0.15) is 0 Å². The number of aromatic nitrogens is 3. The van der Waals surface area contributed by atoms with Crippen LogP contribution in [0.15, 0.2) is 36.5 Å². The summed E-state index contributed by atoms with van der Waals surface area (Å²) in [5.41, 5.74) is 6.39. The summed E-state index contributed by atoms with van der Waals surface area (Å²) in [5, 5.41) is 3.90. The van der Waals surface area contributed by atoms with Crippen molar-refractivity contribution < 1.29 is 0 Å². The molecule has 1 N–H and O–H groups in total. The molecule has 2 aliphatic heterocycles. The topological polar surface area (TPSA) is 48.7 Å². The molecule has 1 saturated carbocycles. The standard InChI is InChI=1S/C26H34N6/c1-18-7-6-14-27-24(18)20-8-4-9-21(28-20)25-19(2)32-22(29-25)10-5-11-23(32)31-16-15-30(3)26(17-31)12-13-26/h5-7,10-11,14,20-21,28H,4,8-9,12-13,15-17H2,1-3H3. The monoisotopic (exact) mass is 430 g/mol. The Morgan fingerprint density at radius 2 is 1.81 bits per heavy atom. The van der Waals surface area contributed by atoms with Crippen molar-refractivity contribution in [1.29, 1.82) is 0 Å². The van der Waals surface area contributed by atoms with Gasteiger partial charge in [0.15, 0.2) is 0 Å². The van der Waals surface area contributed by atoms with E-state index in [1.165, 1.54) is 47.7 Å². The van der Waals surface area contributed by atoms with Crippen molar-refractivity contribution in [3.8, 4) is 0 Å². The molecule has 3 aromatic heterocycles. The lowest BCUT2D eigenvalue weighted by Crippen LogP contribution is -2.53. The first-order valence-electron chi connectivity index (χ1n) is 12.2. The first-order valence-corrected chi connectivity index (χ1v) is 12.2. The zero-order chi connectivity index (χ0) is 21.9. The fourth-order valence-electron chi connectivity index (χ4n) is 5.99. The molecule has 6 heteroatoms. The van der Waals surface area contributed by atoms with Crippen molar-refractivity contribution in [2.24, 2.45) is 0 Å². The summed E-state index contributed by atoms with van der Waals surface area (Å²) in [6.45, 7) is 7.75. The van der Waals surface area contributed by atoms with E-state index in [9.17, 15) is 0 Å². The van der Waals surface area contributed by atoms with Crippen LogP contribution in [0.4, 0.5) is 5.82 Å². The van der Waals surface area contributed by atoms with Gasteiger partial charge in [-0.1, -0.05) is 12.1 Å². The molecular weight excluding hydrogens is 396 g/mol. The van der Waals surface area contributed by atoms with Crippen molar-refractivity contribution in [2.45, 2.75) is 63.6 Å². The highest BCUT2D eigenvalue weighted by molar-refractivity contribution is 5.56. The molecule has 2 atom stereocenters. The van der Waals surface area contributed by atoms with Crippen molar-refractivity contribution >= 4 is 11.5 Å². The Morgan fingerprint density at radius 1 is 1.00 bits per heavy atom. The van der Waals surface area contributed by atoms with E-state index < -0.39 is 0 Å². The molecule has 6 nitrogen and oxygen atoms in total. The van der Waals surface area contributed by atoms with E-state index in [-0.39, 0.29) is 6.04 Å². The molecule has 0 amide bonds. The second-order valence-corrected chi connectivity index (χ2v) is 10.1. The first-order chi connectivity index (χ1) is 15.6. The number of anilines is 1. The Hall–Kier alpha value is -2.44. The number of nitrogens with one attached hydrogen (secondary N) is 1. The van der Waals surface area contributed by atoms with E-state index in [1.54, 1.807) is 0 Å². The van der Waals surface area contributed by atoms with Crippen LogP contribution < -0.4 is 10.2 Å². The lowest BCUT2D eigenvalue weighted by molar-refractivity contribution is 0.198. The fourth-order valence-corrected chi connectivity index (χ4v) is 5.99. The number of fused-ring (bicyclic) bond motifs is 1. The van der Waals surface area contributed by atoms with Crippen LogP contribution in [-0.4, -0.2) is 51.5 Å². The lowest BCUT2D eigenvalue weighted by Gasteiger charge is -2.41. The number of likely N-dealkylation sites (N-methyl/N-ethyl adjacent to an activating group) is 1. The number of imidazole rings is 1. The predicted octanol–water partition coefficient (Wildman–Crippen LogP) is 4.19. The van der Waals surface area contributed by atoms with E-state index in [4.69, 9.17) is 9.97 Å². The third-order valence-electron chi connectivity index (χ3n) is 8.14. The van der Waals surface area contributed by atoms with Gasteiger partial charge in [0.1, 0.15) is 11.5 Å². The molecule has 0 radical (unpaired) electrons. The summed E-state index contributed by atoms with van der Waals surface area (Å²) in [6.07, 6.45) is 8.02.